The lowest BCUT2D eigenvalue weighted by Crippen LogP contribution is -2.39. The number of amides is 1. The highest BCUT2D eigenvalue weighted by Gasteiger charge is 2.14. The van der Waals surface area contributed by atoms with E-state index in [0.717, 1.165) is 17.3 Å². The van der Waals surface area contributed by atoms with Crippen molar-refractivity contribution in [3.8, 4) is 0 Å². The summed E-state index contributed by atoms with van der Waals surface area (Å²) in [6.45, 7) is 8.71. The number of hydrogen-bond donors (Lipinski definition) is 1. The van der Waals surface area contributed by atoms with Crippen LogP contribution in [0.5, 0.6) is 0 Å². The molecule has 0 unspecified atom stereocenters. The van der Waals surface area contributed by atoms with Gasteiger partial charge in [0.15, 0.2) is 0 Å². The Morgan fingerprint density at radius 1 is 1.33 bits per heavy atom. The Kier molecular flexibility index (Phi) is 3.69. The maximum atomic E-state index is 11.8. The number of carbonyl (C=O) groups is 1. The first-order valence-electron chi connectivity index (χ1n) is 5.23. The second-order valence-electron chi connectivity index (χ2n) is 5.11. The Morgan fingerprint density at radius 2 is 2.00 bits per heavy atom. The van der Waals surface area contributed by atoms with Crippen LogP contribution in [0.4, 0.5) is 0 Å². The molecule has 0 spiro atoms. The first-order valence-corrected chi connectivity index (χ1v) is 8.94. The van der Waals surface area contributed by atoms with E-state index in [1.54, 1.807) is 0 Å². The molecular weight excluding hydrogens is 202 g/mol. The molecule has 1 aromatic carbocycles. The number of rotatable bonds is 3. The second kappa shape index (κ2) is 4.62. The Balaban J connectivity index is 2.62. The van der Waals surface area contributed by atoms with Crippen LogP contribution >= 0.6 is 0 Å². The fourth-order valence-electron chi connectivity index (χ4n) is 1.23. The zero-order valence-corrected chi connectivity index (χ0v) is 10.9. The smallest absolute Gasteiger partial charge is 0.251 e. The molecule has 1 rings (SSSR count). The van der Waals surface area contributed by atoms with E-state index in [1.165, 1.54) is 0 Å². The fourth-order valence-corrected chi connectivity index (χ4v) is 1.92. The van der Waals surface area contributed by atoms with Gasteiger partial charge in [0.05, 0.1) is 8.07 Å². The number of aryl methyl sites for hydroxylation is 1. The molecule has 15 heavy (non-hydrogen) atoms. The minimum atomic E-state index is -1.20. The van der Waals surface area contributed by atoms with Crippen LogP contribution in [-0.2, 0) is 0 Å². The minimum Gasteiger partial charge on any atom is -0.355 e. The van der Waals surface area contributed by atoms with Crippen LogP contribution < -0.4 is 5.32 Å². The van der Waals surface area contributed by atoms with Crippen LogP contribution in [0.3, 0.4) is 0 Å². The molecule has 0 aliphatic carbocycles. The summed E-state index contributed by atoms with van der Waals surface area (Å²) in [5.41, 5.74) is 1.88. The van der Waals surface area contributed by atoms with Crippen LogP contribution in [0.25, 0.3) is 0 Å². The molecular formula is C12H19NOSi. The zero-order valence-electron chi connectivity index (χ0n) is 9.92. The van der Waals surface area contributed by atoms with Crippen molar-refractivity contribution in [3.63, 3.8) is 0 Å². The predicted molar refractivity (Wildman–Crippen MR) is 66.9 cm³/mol. The molecule has 0 bridgehead atoms. The molecule has 1 amide bonds. The predicted octanol–water partition coefficient (Wildman–Crippen LogP) is 2.60. The van der Waals surface area contributed by atoms with Crippen molar-refractivity contribution >= 4 is 14.0 Å². The molecule has 0 aliphatic rings. The van der Waals surface area contributed by atoms with Gasteiger partial charge in [0.1, 0.15) is 0 Å². The average Bonchev–Trinajstić information content (AvgIpc) is 2.13. The summed E-state index contributed by atoms with van der Waals surface area (Å²) < 4.78 is 0. The van der Waals surface area contributed by atoms with Crippen molar-refractivity contribution < 1.29 is 4.79 Å². The highest BCUT2D eigenvalue weighted by atomic mass is 28.3. The monoisotopic (exact) mass is 221 g/mol. The maximum absolute atomic E-state index is 11.8. The fraction of sp³-hybridized carbons (Fsp3) is 0.417. The molecule has 0 saturated heterocycles. The quantitative estimate of drug-likeness (QED) is 0.781. The highest BCUT2D eigenvalue weighted by Crippen LogP contribution is 2.04. The molecule has 0 atom stereocenters. The van der Waals surface area contributed by atoms with Crippen LogP contribution in [0.2, 0.25) is 19.6 Å². The first kappa shape index (κ1) is 12.0. The SMILES string of the molecule is Cc1cccc(C(=O)NC[Si](C)(C)C)c1. The molecule has 3 heteroatoms. The van der Waals surface area contributed by atoms with Gasteiger partial charge in [0.2, 0.25) is 0 Å². The van der Waals surface area contributed by atoms with E-state index < -0.39 is 8.07 Å². The summed E-state index contributed by atoms with van der Waals surface area (Å²) in [7, 11) is -1.20. The highest BCUT2D eigenvalue weighted by molar-refractivity contribution is 6.76. The lowest BCUT2D eigenvalue weighted by molar-refractivity contribution is 0.0959. The molecule has 0 aliphatic heterocycles. The van der Waals surface area contributed by atoms with Crippen molar-refractivity contribution in [1.29, 1.82) is 0 Å². The Labute approximate surface area is 92.7 Å². The van der Waals surface area contributed by atoms with Gasteiger partial charge in [-0.15, -0.1) is 0 Å². The standard InChI is InChI=1S/C12H19NOSi/c1-10-6-5-7-11(8-10)12(14)13-9-15(2,3)4/h5-8H,9H2,1-4H3,(H,13,14). The summed E-state index contributed by atoms with van der Waals surface area (Å²) in [4.78, 5) is 11.8. The van der Waals surface area contributed by atoms with Gasteiger partial charge in [-0.2, -0.15) is 0 Å². The summed E-state index contributed by atoms with van der Waals surface area (Å²) in [5, 5.41) is 2.99. The second-order valence-corrected chi connectivity index (χ2v) is 10.6. The third-order valence-electron chi connectivity index (χ3n) is 2.06. The third-order valence-corrected chi connectivity index (χ3v) is 3.30. The molecule has 0 saturated carbocycles. The maximum Gasteiger partial charge on any atom is 0.251 e. The molecule has 82 valence electrons. The van der Waals surface area contributed by atoms with E-state index in [1.807, 2.05) is 31.2 Å². The van der Waals surface area contributed by atoms with Gasteiger partial charge in [-0.05, 0) is 19.1 Å². The summed E-state index contributed by atoms with van der Waals surface area (Å²) in [5.74, 6) is 0.0427. The largest absolute Gasteiger partial charge is 0.355 e. The van der Waals surface area contributed by atoms with Crippen molar-refractivity contribution in [1.82, 2.24) is 5.32 Å². The van der Waals surface area contributed by atoms with Gasteiger partial charge in [-0.25, -0.2) is 0 Å². The topological polar surface area (TPSA) is 29.1 Å². The molecule has 2 nitrogen and oxygen atoms in total. The van der Waals surface area contributed by atoms with Crippen LogP contribution in [0.1, 0.15) is 15.9 Å². The lowest BCUT2D eigenvalue weighted by Gasteiger charge is -2.16. The van der Waals surface area contributed by atoms with Crippen molar-refractivity contribution in [2.24, 2.45) is 0 Å². The number of benzene rings is 1. The molecule has 0 radical (unpaired) electrons. The molecule has 1 N–H and O–H groups in total. The summed E-state index contributed by atoms with van der Waals surface area (Å²) in [6.07, 6.45) is 0.833. The first-order chi connectivity index (χ1) is 6.88. The van der Waals surface area contributed by atoms with Gasteiger partial charge < -0.3 is 5.32 Å². The van der Waals surface area contributed by atoms with E-state index in [2.05, 4.69) is 25.0 Å². The minimum absolute atomic E-state index is 0.0427. The molecule has 0 heterocycles. The lowest BCUT2D eigenvalue weighted by atomic mass is 10.1. The Bertz CT molecular complexity index is 355. The van der Waals surface area contributed by atoms with E-state index in [4.69, 9.17) is 0 Å². The van der Waals surface area contributed by atoms with Crippen LogP contribution in [0, 0.1) is 6.92 Å². The van der Waals surface area contributed by atoms with Gasteiger partial charge >= 0.3 is 0 Å². The summed E-state index contributed by atoms with van der Waals surface area (Å²) >= 11 is 0. The zero-order chi connectivity index (χ0) is 11.5. The molecule has 0 fully saturated rings. The number of hydrogen-bond acceptors (Lipinski definition) is 1. The van der Waals surface area contributed by atoms with Gasteiger partial charge in [-0.1, -0.05) is 37.3 Å². The summed E-state index contributed by atoms with van der Waals surface area (Å²) in [6, 6.07) is 7.68. The van der Waals surface area contributed by atoms with Crippen molar-refractivity contribution in [3.05, 3.63) is 35.4 Å². The van der Waals surface area contributed by atoms with Crippen molar-refractivity contribution in [2.45, 2.75) is 26.6 Å². The van der Waals surface area contributed by atoms with E-state index in [0.29, 0.717) is 0 Å². The van der Waals surface area contributed by atoms with Crippen molar-refractivity contribution in [2.75, 3.05) is 6.17 Å². The van der Waals surface area contributed by atoms with Crippen LogP contribution in [-0.4, -0.2) is 20.1 Å². The molecule has 0 aromatic heterocycles. The Hall–Kier alpha value is -1.09. The normalized spacial score (nSPS) is 11.2. The Morgan fingerprint density at radius 3 is 2.53 bits per heavy atom. The third kappa shape index (κ3) is 4.30. The molecule has 1 aromatic rings. The van der Waals surface area contributed by atoms with Crippen LogP contribution in [0.15, 0.2) is 24.3 Å². The number of nitrogens with one attached hydrogen (secondary N) is 1. The van der Waals surface area contributed by atoms with Gasteiger partial charge in [0.25, 0.3) is 5.91 Å². The van der Waals surface area contributed by atoms with Gasteiger partial charge in [-0.3, -0.25) is 4.79 Å². The van der Waals surface area contributed by atoms with E-state index in [9.17, 15) is 4.79 Å². The number of carbonyl (C=O) groups excluding carboxylic acids is 1. The van der Waals surface area contributed by atoms with Gasteiger partial charge in [0, 0.05) is 11.7 Å². The van der Waals surface area contributed by atoms with E-state index in [-0.39, 0.29) is 5.91 Å². The average molecular weight is 221 g/mol. The van der Waals surface area contributed by atoms with E-state index >= 15 is 0 Å².